The van der Waals surface area contributed by atoms with Gasteiger partial charge in [-0.15, -0.1) is 11.3 Å². The maximum Gasteiger partial charge on any atom is 0.252 e. The monoisotopic (exact) mass is 306 g/mol. The van der Waals surface area contributed by atoms with Crippen molar-refractivity contribution in [2.45, 2.75) is 35.6 Å². The molecular formula is C11H15ClN2O2S2. The Morgan fingerprint density at radius 2 is 2.06 bits per heavy atom. The molecule has 0 aliphatic carbocycles. The Kier molecular flexibility index (Phi) is 3.40. The largest absolute Gasteiger partial charge is 0.310 e. The molecular weight excluding hydrogens is 292 g/mol. The minimum Gasteiger partial charge on any atom is -0.310 e. The van der Waals surface area contributed by atoms with Crippen molar-refractivity contribution >= 4 is 33.0 Å². The second-order valence-corrected chi connectivity index (χ2v) is 8.73. The predicted octanol–water partition coefficient (Wildman–Crippen LogP) is 1.92. The minimum absolute atomic E-state index is 0.308. The van der Waals surface area contributed by atoms with E-state index in [-0.39, 0.29) is 0 Å². The Labute approximate surface area is 116 Å². The van der Waals surface area contributed by atoms with Gasteiger partial charge >= 0.3 is 0 Å². The van der Waals surface area contributed by atoms with Crippen molar-refractivity contribution in [3.63, 3.8) is 0 Å². The van der Waals surface area contributed by atoms with Crippen molar-refractivity contribution in [3.05, 3.63) is 16.5 Å². The summed E-state index contributed by atoms with van der Waals surface area (Å²) < 4.78 is 27.4. The van der Waals surface area contributed by atoms with Gasteiger partial charge in [0.2, 0.25) is 0 Å². The standard InChI is InChI=1S/C11H15ClN2O2S2/c12-10-3-4-11(17-10)18(15,16)14-6-5-8-1-2-9(7-14)13-8/h3-4,8-9,13H,1-2,5-7H2. The third-order valence-corrected chi connectivity index (χ3v) is 7.19. The molecule has 0 saturated carbocycles. The van der Waals surface area contributed by atoms with E-state index in [2.05, 4.69) is 5.32 Å². The van der Waals surface area contributed by atoms with Gasteiger partial charge in [-0.3, -0.25) is 0 Å². The Balaban J connectivity index is 1.85. The lowest BCUT2D eigenvalue weighted by molar-refractivity contribution is 0.384. The molecule has 2 saturated heterocycles. The van der Waals surface area contributed by atoms with Crippen LogP contribution >= 0.6 is 22.9 Å². The highest BCUT2D eigenvalue weighted by molar-refractivity contribution is 7.91. The van der Waals surface area contributed by atoms with Crippen LogP contribution < -0.4 is 5.32 Å². The van der Waals surface area contributed by atoms with Gasteiger partial charge in [-0.25, -0.2) is 8.42 Å². The van der Waals surface area contributed by atoms with E-state index in [4.69, 9.17) is 11.6 Å². The maximum absolute atomic E-state index is 12.5. The second-order valence-electron chi connectivity index (χ2n) is 4.85. The molecule has 2 fully saturated rings. The number of thiophene rings is 1. The number of fused-ring (bicyclic) bond motifs is 2. The number of hydrogen-bond donors (Lipinski definition) is 1. The molecule has 3 rings (SSSR count). The first-order valence-corrected chi connectivity index (χ1v) is 8.71. The smallest absolute Gasteiger partial charge is 0.252 e. The third kappa shape index (κ3) is 2.32. The van der Waals surface area contributed by atoms with Crippen molar-refractivity contribution in [2.75, 3.05) is 13.1 Å². The molecule has 2 aliphatic heterocycles. The van der Waals surface area contributed by atoms with E-state index in [0.717, 1.165) is 24.2 Å². The molecule has 0 spiro atoms. The number of hydrogen-bond acceptors (Lipinski definition) is 4. The molecule has 7 heteroatoms. The van der Waals surface area contributed by atoms with E-state index in [1.54, 1.807) is 16.4 Å². The lowest BCUT2D eigenvalue weighted by atomic mass is 10.1. The predicted molar refractivity (Wildman–Crippen MR) is 72.7 cm³/mol. The molecule has 1 N–H and O–H groups in total. The zero-order chi connectivity index (χ0) is 12.8. The topological polar surface area (TPSA) is 49.4 Å². The van der Waals surface area contributed by atoms with Crippen LogP contribution in [0.25, 0.3) is 0 Å². The highest BCUT2D eigenvalue weighted by atomic mass is 35.5. The van der Waals surface area contributed by atoms with E-state index < -0.39 is 10.0 Å². The van der Waals surface area contributed by atoms with Crippen LogP contribution in [-0.2, 0) is 10.0 Å². The molecule has 18 heavy (non-hydrogen) atoms. The summed E-state index contributed by atoms with van der Waals surface area (Å²) in [6.07, 6.45) is 3.14. The Bertz CT molecular complexity index is 543. The third-order valence-electron chi connectivity index (χ3n) is 3.63. The van der Waals surface area contributed by atoms with E-state index in [9.17, 15) is 8.42 Å². The normalized spacial score (nSPS) is 29.4. The van der Waals surface area contributed by atoms with Gasteiger partial charge in [0.1, 0.15) is 4.21 Å². The van der Waals surface area contributed by atoms with Gasteiger partial charge in [0.05, 0.1) is 4.34 Å². The fourth-order valence-corrected chi connectivity index (χ4v) is 5.83. The van der Waals surface area contributed by atoms with Crippen LogP contribution in [0, 0.1) is 0 Å². The van der Waals surface area contributed by atoms with Gasteiger partial charge in [-0.1, -0.05) is 11.6 Å². The van der Waals surface area contributed by atoms with Crippen LogP contribution in [0.1, 0.15) is 19.3 Å². The average molecular weight is 307 g/mol. The molecule has 0 amide bonds. The zero-order valence-corrected chi connectivity index (χ0v) is 12.2. The molecule has 2 bridgehead atoms. The minimum atomic E-state index is -3.36. The first-order chi connectivity index (χ1) is 8.55. The van der Waals surface area contributed by atoms with Crippen molar-refractivity contribution < 1.29 is 8.42 Å². The van der Waals surface area contributed by atoms with Crippen LogP contribution in [0.2, 0.25) is 4.34 Å². The van der Waals surface area contributed by atoms with Crippen molar-refractivity contribution in [3.8, 4) is 0 Å². The molecule has 2 unspecified atom stereocenters. The van der Waals surface area contributed by atoms with Crippen molar-refractivity contribution in [1.82, 2.24) is 9.62 Å². The lowest BCUT2D eigenvalue weighted by Gasteiger charge is -2.22. The lowest BCUT2D eigenvalue weighted by Crippen LogP contribution is -2.38. The molecule has 2 atom stereocenters. The fraction of sp³-hybridized carbons (Fsp3) is 0.636. The Hall–Kier alpha value is -0.140. The summed E-state index contributed by atoms with van der Waals surface area (Å²) in [6.45, 7) is 1.18. The SMILES string of the molecule is O=S(=O)(c1ccc(Cl)s1)N1CCC2CCC(C1)N2. The van der Waals surface area contributed by atoms with E-state index in [0.29, 0.717) is 33.7 Å². The molecule has 1 aromatic heterocycles. The molecule has 2 aliphatic rings. The zero-order valence-electron chi connectivity index (χ0n) is 9.80. The summed E-state index contributed by atoms with van der Waals surface area (Å²) in [4.78, 5) is 0. The summed E-state index contributed by atoms with van der Waals surface area (Å²) in [5, 5.41) is 3.48. The van der Waals surface area contributed by atoms with Gasteiger partial charge in [0.25, 0.3) is 10.0 Å². The summed E-state index contributed by atoms with van der Waals surface area (Å²) in [6, 6.07) is 4.03. The molecule has 3 heterocycles. The first kappa shape index (κ1) is 12.9. The van der Waals surface area contributed by atoms with Crippen LogP contribution in [0.4, 0.5) is 0 Å². The van der Waals surface area contributed by atoms with Gasteiger partial charge in [-0.05, 0) is 31.4 Å². The second kappa shape index (κ2) is 4.76. The Morgan fingerprint density at radius 1 is 1.28 bits per heavy atom. The molecule has 0 radical (unpaired) electrons. The van der Waals surface area contributed by atoms with Gasteiger partial charge in [0, 0.05) is 25.2 Å². The summed E-state index contributed by atoms with van der Waals surface area (Å²) in [7, 11) is -3.36. The number of nitrogens with one attached hydrogen (secondary N) is 1. The van der Waals surface area contributed by atoms with Crippen LogP contribution in [0.5, 0.6) is 0 Å². The van der Waals surface area contributed by atoms with Gasteiger partial charge < -0.3 is 5.32 Å². The quantitative estimate of drug-likeness (QED) is 0.908. The Morgan fingerprint density at radius 3 is 2.78 bits per heavy atom. The summed E-state index contributed by atoms with van der Waals surface area (Å²) in [5.41, 5.74) is 0. The van der Waals surface area contributed by atoms with Crippen molar-refractivity contribution in [1.29, 1.82) is 0 Å². The van der Waals surface area contributed by atoms with E-state index in [1.165, 1.54) is 6.42 Å². The summed E-state index contributed by atoms with van der Waals surface area (Å²) >= 11 is 6.95. The van der Waals surface area contributed by atoms with Crippen LogP contribution in [-0.4, -0.2) is 37.9 Å². The maximum atomic E-state index is 12.5. The molecule has 4 nitrogen and oxygen atoms in total. The molecule has 0 aromatic carbocycles. The highest BCUT2D eigenvalue weighted by Crippen LogP contribution is 2.30. The van der Waals surface area contributed by atoms with E-state index >= 15 is 0 Å². The fourth-order valence-electron chi connectivity index (χ4n) is 2.69. The van der Waals surface area contributed by atoms with Gasteiger partial charge in [0.15, 0.2) is 0 Å². The molecule has 100 valence electrons. The number of sulfonamides is 1. The number of rotatable bonds is 2. The molecule has 1 aromatic rings. The van der Waals surface area contributed by atoms with Crippen molar-refractivity contribution in [2.24, 2.45) is 0 Å². The number of halogens is 1. The summed E-state index contributed by atoms with van der Waals surface area (Å²) in [5.74, 6) is 0. The highest BCUT2D eigenvalue weighted by Gasteiger charge is 2.35. The van der Waals surface area contributed by atoms with Gasteiger partial charge in [-0.2, -0.15) is 4.31 Å². The van der Waals surface area contributed by atoms with Crippen LogP contribution in [0.3, 0.4) is 0 Å². The number of nitrogens with zero attached hydrogens (tertiary/aromatic N) is 1. The average Bonchev–Trinajstić information content (AvgIpc) is 2.85. The van der Waals surface area contributed by atoms with Crippen LogP contribution in [0.15, 0.2) is 16.3 Å². The van der Waals surface area contributed by atoms with E-state index in [1.807, 2.05) is 0 Å². The first-order valence-electron chi connectivity index (χ1n) is 6.07.